The van der Waals surface area contributed by atoms with Crippen molar-refractivity contribution in [3.63, 3.8) is 0 Å². The Morgan fingerprint density at radius 3 is 2.42 bits per heavy atom. The number of amides is 1. The highest BCUT2D eigenvalue weighted by molar-refractivity contribution is 6.32. The van der Waals surface area contributed by atoms with Crippen molar-refractivity contribution in [3.05, 3.63) is 105 Å². The zero-order chi connectivity index (χ0) is 22.9. The number of aliphatic hydroxyl groups is 1. The van der Waals surface area contributed by atoms with E-state index in [0.717, 1.165) is 16.5 Å². The van der Waals surface area contributed by atoms with E-state index in [-0.39, 0.29) is 12.5 Å². The summed E-state index contributed by atoms with van der Waals surface area (Å²) in [6.07, 6.45) is 3.44. The van der Waals surface area contributed by atoms with Gasteiger partial charge >= 0.3 is 0 Å². The van der Waals surface area contributed by atoms with Crippen molar-refractivity contribution in [3.8, 4) is 0 Å². The summed E-state index contributed by atoms with van der Waals surface area (Å²) in [6, 6.07) is 20.9. The third-order valence-electron chi connectivity index (χ3n) is 6.19. The monoisotopic (exact) mass is 478 g/mol. The maximum Gasteiger partial charge on any atom is 0.256 e. The molecule has 0 unspecified atom stereocenters. The number of hydrogen-bond acceptors (Lipinski definition) is 2. The number of nitrogens with one attached hydrogen (secondary N) is 1. The molecule has 1 atom stereocenters. The van der Waals surface area contributed by atoms with Crippen LogP contribution in [0.15, 0.2) is 72.9 Å². The van der Waals surface area contributed by atoms with E-state index in [4.69, 9.17) is 23.2 Å². The summed E-state index contributed by atoms with van der Waals surface area (Å²) in [5, 5.41) is 12.9. The van der Waals surface area contributed by atoms with Crippen LogP contribution < -0.4 is 0 Å². The fourth-order valence-electron chi connectivity index (χ4n) is 4.22. The first-order chi connectivity index (χ1) is 16.0. The second-order valence-corrected chi connectivity index (χ2v) is 9.54. The Bertz CT molecular complexity index is 1280. The molecule has 0 spiro atoms. The van der Waals surface area contributed by atoms with Crippen LogP contribution in [0.3, 0.4) is 0 Å². The number of hydrogen-bond donors (Lipinski definition) is 2. The molecule has 1 heterocycles. The number of carbonyl (C=O) groups is 1. The van der Waals surface area contributed by atoms with Crippen LogP contribution in [0.5, 0.6) is 0 Å². The lowest BCUT2D eigenvalue weighted by Crippen LogP contribution is -2.34. The molecule has 1 fully saturated rings. The molecule has 1 amide bonds. The van der Waals surface area contributed by atoms with E-state index in [1.165, 1.54) is 18.4 Å². The second-order valence-electron chi connectivity index (χ2n) is 8.66. The molecule has 0 saturated heterocycles. The third-order valence-corrected chi connectivity index (χ3v) is 6.66. The molecule has 4 nitrogen and oxygen atoms in total. The molecule has 6 heteroatoms. The fourth-order valence-corrected chi connectivity index (χ4v) is 4.58. The number of fused-ring (bicyclic) bond motifs is 1. The lowest BCUT2D eigenvalue weighted by atomic mass is 10.0. The van der Waals surface area contributed by atoms with E-state index < -0.39 is 6.10 Å². The van der Waals surface area contributed by atoms with Crippen molar-refractivity contribution in [1.82, 2.24) is 9.88 Å². The van der Waals surface area contributed by atoms with Crippen LogP contribution in [-0.2, 0) is 6.54 Å². The fraction of sp³-hybridized carbons (Fsp3) is 0.222. The van der Waals surface area contributed by atoms with Gasteiger partial charge in [0, 0.05) is 28.2 Å². The zero-order valence-electron chi connectivity index (χ0n) is 18.0. The first-order valence-corrected chi connectivity index (χ1v) is 11.8. The van der Waals surface area contributed by atoms with Gasteiger partial charge in [0.15, 0.2) is 0 Å². The van der Waals surface area contributed by atoms with Gasteiger partial charge in [-0.15, -0.1) is 0 Å². The van der Waals surface area contributed by atoms with E-state index >= 15 is 0 Å². The molecule has 0 aliphatic heterocycles. The van der Waals surface area contributed by atoms with Crippen molar-refractivity contribution >= 4 is 40.0 Å². The first kappa shape index (κ1) is 22.0. The molecule has 1 aromatic heterocycles. The van der Waals surface area contributed by atoms with Gasteiger partial charge in [0.1, 0.15) is 0 Å². The largest absolute Gasteiger partial charge is 0.387 e. The Morgan fingerprint density at radius 1 is 1.00 bits per heavy atom. The Hall–Kier alpha value is -2.79. The van der Waals surface area contributed by atoms with Crippen molar-refractivity contribution in [2.45, 2.75) is 31.4 Å². The number of aliphatic hydroxyl groups excluding tert-OH is 1. The zero-order valence-corrected chi connectivity index (χ0v) is 19.5. The molecule has 168 valence electrons. The number of aromatic amines is 1. The molecule has 0 radical (unpaired) electrons. The number of carbonyl (C=O) groups excluding carboxylic acids is 1. The summed E-state index contributed by atoms with van der Waals surface area (Å²) in [5.41, 5.74) is 4.29. The van der Waals surface area contributed by atoms with Gasteiger partial charge < -0.3 is 15.0 Å². The summed E-state index contributed by atoms with van der Waals surface area (Å²) in [5.74, 6) is 0.486. The molecule has 1 aliphatic carbocycles. The van der Waals surface area contributed by atoms with Crippen LogP contribution in [-0.4, -0.2) is 27.4 Å². The SMILES string of the molecule is O=C(c1cc(Cl)cc2cc[nH]c12)N(Cc1ccc(C2CC2)cc1)C[C@H](O)c1ccc(Cl)cc1. The Morgan fingerprint density at radius 2 is 1.73 bits per heavy atom. The summed E-state index contributed by atoms with van der Waals surface area (Å²) >= 11 is 12.3. The average Bonchev–Trinajstić information content (AvgIpc) is 3.56. The molecular formula is C27H24Cl2N2O2. The topological polar surface area (TPSA) is 56.3 Å². The van der Waals surface area contributed by atoms with Crippen molar-refractivity contribution in [1.29, 1.82) is 0 Å². The molecule has 1 saturated carbocycles. The minimum atomic E-state index is -0.852. The molecule has 5 rings (SSSR count). The lowest BCUT2D eigenvalue weighted by molar-refractivity contribution is 0.0605. The molecule has 3 aromatic carbocycles. The highest BCUT2D eigenvalue weighted by Gasteiger charge is 2.25. The van der Waals surface area contributed by atoms with Gasteiger partial charge in [0.25, 0.3) is 5.91 Å². The number of benzene rings is 3. The van der Waals surface area contributed by atoms with E-state index in [9.17, 15) is 9.90 Å². The van der Waals surface area contributed by atoms with Gasteiger partial charge in [-0.25, -0.2) is 0 Å². The Labute approximate surface area is 202 Å². The maximum absolute atomic E-state index is 13.7. The Balaban J connectivity index is 1.45. The minimum Gasteiger partial charge on any atom is -0.387 e. The molecule has 33 heavy (non-hydrogen) atoms. The highest BCUT2D eigenvalue weighted by Crippen LogP contribution is 2.40. The standard InChI is InChI=1S/C27H24Cl2N2O2/c28-22-9-7-20(8-10-22)25(32)16-31(15-17-1-3-18(4-2-17)19-5-6-19)27(33)24-14-23(29)13-21-11-12-30-26(21)24/h1-4,7-14,19,25,30,32H,5-6,15-16H2/t25-/m0/s1. The predicted molar refractivity (Wildman–Crippen MR) is 133 cm³/mol. The van der Waals surface area contributed by atoms with E-state index in [0.29, 0.717) is 33.6 Å². The maximum atomic E-state index is 13.7. The van der Waals surface area contributed by atoms with Gasteiger partial charge in [-0.2, -0.15) is 0 Å². The van der Waals surface area contributed by atoms with Crippen LogP contribution in [0.2, 0.25) is 10.0 Å². The van der Waals surface area contributed by atoms with E-state index in [2.05, 4.69) is 29.2 Å². The molecule has 2 N–H and O–H groups in total. The normalized spacial score (nSPS) is 14.4. The van der Waals surface area contributed by atoms with Crippen molar-refractivity contribution < 1.29 is 9.90 Å². The first-order valence-electron chi connectivity index (χ1n) is 11.1. The van der Waals surface area contributed by atoms with Crippen LogP contribution in [0.25, 0.3) is 10.9 Å². The van der Waals surface area contributed by atoms with Gasteiger partial charge in [-0.3, -0.25) is 4.79 Å². The average molecular weight is 479 g/mol. The van der Waals surface area contributed by atoms with Gasteiger partial charge in [0.2, 0.25) is 0 Å². The smallest absolute Gasteiger partial charge is 0.256 e. The number of rotatable bonds is 7. The van der Waals surface area contributed by atoms with Crippen molar-refractivity contribution in [2.24, 2.45) is 0 Å². The van der Waals surface area contributed by atoms with Gasteiger partial charge in [-0.1, -0.05) is 59.6 Å². The summed E-state index contributed by atoms with van der Waals surface area (Å²) in [4.78, 5) is 18.6. The molecule has 1 aliphatic rings. The summed E-state index contributed by atoms with van der Waals surface area (Å²) in [7, 11) is 0. The van der Waals surface area contributed by atoms with Crippen molar-refractivity contribution in [2.75, 3.05) is 6.54 Å². The molecule has 4 aromatic rings. The number of H-pyrrole nitrogens is 1. The quantitative estimate of drug-likeness (QED) is 0.309. The predicted octanol–water partition coefficient (Wildman–Crippen LogP) is 6.73. The highest BCUT2D eigenvalue weighted by atomic mass is 35.5. The number of halogens is 2. The van der Waals surface area contributed by atoms with Crippen LogP contribution in [0.1, 0.15) is 51.9 Å². The number of aromatic nitrogens is 1. The van der Waals surface area contributed by atoms with Crippen LogP contribution >= 0.6 is 23.2 Å². The number of nitrogens with zero attached hydrogens (tertiary/aromatic N) is 1. The second kappa shape index (κ2) is 9.22. The van der Waals surface area contributed by atoms with Crippen LogP contribution in [0, 0.1) is 0 Å². The Kier molecular flexibility index (Phi) is 6.15. The van der Waals surface area contributed by atoms with Gasteiger partial charge in [-0.05, 0) is 65.8 Å². The third kappa shape index (κ3) is 4.93. The summed E-state index contributed by atoms with van der Waals surface area (Å²) < 4.78 is 0. The minimum absolute atomic E-state index is 0.138. The lowest BCUT2D eigenvalue weighted by Gasteiger charge is -2.26. The molecular weight excluding hydrogens is 455 g/mol. The molecule has 0 bridgehead atoms. The van der Waals surface area contributed by atoms with Gasteiger partial charge in [0.05, 0.1) is 23.7 Å². The van der Waals surface area contributed by atoms with E-state index in [1.807, 2.05) is 12.1 Å². The van der Waals surface area contributed by atoms with Crippen LogP contribution in [0.4, 0.5) is 0 Å². The van der Waals surface area contributed by atoms with E-state index in [1.54, 1.807) is 41.4 Å². The summed E-state index contributed by atoms with van der Waals surface area (Å²) in [6.45, 7) is 0.517.